The molecule has 0 saturated carbocycles. The van der Waals surface area contributed by atoms with E-state index in [0.29, 0.717) is 0 Å². The van der Waals surface area contributed by atoms with Gasteiger partial charge in [0.1, 0.15) is 6.04 Å². The predicted octanol–water partition coefficient (Wildman–Crippen LogP) is 0.488. The van der Waals surface area contributed by atoms with Gasteiger partial charge in [0.05, 0.1) is 26.1 Å². The molecule has 0 aliphatic carbocycles. The molecule has 0 unspecified atom stereocenters. The molecular formula is C14H23NO7. The van der Waals surface area contributed by atoms with E-state index in [2.05, 4.69) is 10.1 Å². The summed E-state index contributed by atoms with van der Waals surface area (Å²) in [7, 11) is 0. The first-order valence-corrected chi connectivity index (χ1v) is 7.15. The molecule has 0 bridgehead atoms. The summed E-state index contributed by atoms with van der Waals surface area (Å²) in [5, 5.41) is 11.4. The average Bonchev–Trinajstić information content (AvgIpc) is 2.42. The molecular weight excluding hydrogens is 294 g/mol. The Balaban J connectivity index is 4.44. The Kier molecular flexibility index (Phi) is 9.56. The summed E-state index contributed by atoms with van der Waals surface area (Å²) in [6.45, 7) is 5.25. The van der Waals surface area contributed by atoms with Crippen molar-refractivity contribution in [3.63, 3.8) is 0 Å². The van der Waals surface area contributed by atoms with Crippen LogP contribution in [0.1, 0.15) is 40.0 Å². The molecule has 8 heteroatoms. The van der Waals surface area contributed by atoms with Gasteiger partial charge in [-0.15, -0.1) is 0 Å². The summed E-state index contributed by atoms with van der Waals surface area (Å²) in [5.74, 6) is -3.52. The minimum Gasteiger partial charge on any atom is -0.480 e. The molecule has 0 aliphatic rings. The zero-order chi connectivity index (χ0) is 17.1. The number of carboxylic acid groups (broad SMARTS) is 1. The molecule has 0 aromatic rings. The molecule has 0 aliphatic heterocycles. The van der Waals surface area contributed by atoms with Crippen molar-refractivity contribution in [2.24, 2.45) is 5.92 Å². The van der Waals surface area contributed by atoms with Crippen molar-refractivity contribution in [3.8, 4) is 0 Å². The Morgan fingerprint density at radius 1 is 1.00 bits per heavy atom. The van der Waals surface area contributed by atoms with Crippen molar-refractivity contribution in [3.05, 3.63) is 0 Å². The normalized spacial score (nSPS) is 12.9. The molecule has 22 heavy (non-hydrogen) atoms. The Bertz CT molecular complexity index is 408. The molecule has 2 N–H and O–H groups in total. The maximum atomic E-state index is 11.7. The molecule has 0 aromatic heterocycles. The van der Waals surface area contributed by atoms with Gasteiger partial charge in [-0.2, -0.15) is 0 Å². The summed E-state index contributed by atoms with van der Waals surface area (Å²) >= 11 is 0. The van der Waals surface area contributed by atoms with E-state index in [9.17, 15) is 19.2 Å². The number of aliphatic carboxylic acids is 1. The lowest BCUT2D eigenvalue weighted by Gasteiger charge is -2.20. The Morgan fingerprint density at radius 2 is 1.55 bits per heavy atom. The van der Waals surface area contributed by atoms with Gasteiger partial charge in [0, 0.05) is 6.42 Å². The third-order valence-corrected chi connectivity index (χ3v) is 2.81. The van der Waals surface area contributed by atoms with E-state index in [1.54, 1.807) is 13.8 Å². The van der Waals surface area contributed by atoms with Gasteiger partial charge >= 0.3 is 17.9 Å². The highest BCUT2D eigenvalue weighted by molar-refractivity contribution is 5.86. The Labute approximate surface area is 129 Å². The van der Waals surface area contributed by atoms with Crippen LogP contribution in [0.15, 0.2) is 0 Å². The van der Waals surface area contributed by atoms with E-state index in [4.69, 9.17) is 9.84 Å². The molecule has 8 nitrogen and oxygen atoms in total. The number of carboxylic acids is 1. The zero-order valence-corrected chi connectivity index (χ0v) is 13.1. The Hall–Kier alpha value is -2.12. The Morgan fingerprint density at radius 3 is 2.05 bits per heavy atom. The van der Waals surface area contributed by atoms with Gasteiger partial charge in [-0.1, -0.05) is 6.92 Å². The molecule has 0 spiro atoms. The van der Waals surface area contributed by atoms with E-state index in [0.717, 1.165) is 0 Å². The third-order valence-electron chi connectivity index (χ3n) is 2.81. The highest BCUT2D eigenvalue weighted by atomic mass is 16.5. The van der Waals surface area contributed by atoms with Crippen LogP contribution in [0.2, 0.25) is 0 Å². The second-order valence-electron chi connectivity index (χ2n) is 4.67. The zero-order valence-electron chi connectivity index (χ0n) is 13.1. The number of carbonyl (C=O) groups is 4. The SMILES string of the molecule is CCOC(=O)CCC(=O)N[C@H](C(=O)O)[C@H](C)CC(=O)OCC. The second kappa shape index (κ2) is 10.6. The van der Waals surface area contributed by atoms with Crippen molar-refractivity contribution in [2.45, 2.75) is 46.1 Å². The maximum absolute atomic E-state index is 11.7. The fourth-order valence-corrected chi connectivity index (χ4v) is 1.74. The molecule has 0 saturated heterocycles. The van der Waals surface area contributed by atoms with Crippen LogP contribution in [0.3, 0.4) is 0 Å². The van der Waals surface area contributed by atoms with Crippen LogP contribution in [0.5, 0.6) is 0 Å². The molecule has 0 fully saturated rings. The summed E-state index contributed by atoms with van der Waals surface area (Å²) in [4.78, 5) is 45.4. The molecule has 1 amide bonds. The fourth-order valence-electron chi connectivity index (χ4n) is 1.74. The number of rotatable bonds is 10. The number of ether oxygens (including phenoxy) is 2. The minimum atomic E-state index is -1.25. The van der Waals surface area contributed by atoms with E-state index in [1.165, 1.54) is 6.92 Å². The van der Waals surface area contributed by atoms with Crippen molar-refractivity contribution in [1.82, 2.24) is 5.32 Å². The number of carbonyl (C=O) groups excluding carboxylic acids is 3. The maximum Gasteiger partial charge on any atom is 0.326 e. The van der Waals surface area contributed by atoms with Crippen LogP contribution >= 0.6 is 0 Å². The van der Waals surface area contributed by atoms with E-state index in [-0.39, 0.29) is 32.5 Å². The standard InChI is InChI=1S/C14H23NO7/c1-4-21-11(17)7-6-10(16)15-13(14(19)20)9(3)8-12(18)22-5-2/h9,13H,4-8H2,1-3H3,(H,15,16)(H,19,20)/t9-,13+/m1/s1. The lowest BCUT2D eigenvalue weighted by molar-refractivity contribution is -0.147. The number of amides is 1. The van der Waals surface area contributed by atoms with Crippen LogP contribution < -0.4 is 5.32 Å². The monoisotopic (exact) mass is 317 g/mol. The van der Waals surface area contributed by atoms with Crippen LogP contribution in [0.25, 0.3) is 0 Å². The quantitative estimate of drug-likeness (QED) is 0.563. The first-order valence-electron chi connectivity index (χ1n) is 7.15. The molecule has 2 atom stereocenters. The van der Waals surface area contributed by atoms with Crippen LogP contribution in [0.4, 0.5) is 0 Å². The number of esters is 2. The first kappa shape index (κ1) is 19.9. The highest BCUT2D eigenvalue weighted by Gasteiger charge is 2.28. The largest absolute Gasteiger partial charge is 0.480 e. The van der Waals surface area contributed by atoms with Crippen molar-refractivity contribution < 1.29 is 33.8 Å². The molecule has 0 rings (SSSR count). The predicted molar refractivity (Wildman–Crippen MR) is 75.8 cm³/mol. The van der Waals surface area contributed by atoms with E-state index in [1.807, 2.05) is 0 Å². The fraction of sp³-hybridized carbons (Fsp3) is 0.714. The minimum absolute atomic E-state index is 0.122. The van der Waals surface area contributed by atoms with Gasteiger partial charge in [-0.05, 0) is 19.8 Å². The van der Waals surface area contributed by atoms with Gasteiger partial charge in [-0.3, -0.25) is 14.4 Å². The lowest BCUT2D eigenvalue weighted by atomic mass is 9.98. The average molecular weight is 317 g/mol. The van der Waals surface area contributed by atoms with E-state index >= 15 is 0 Å². The topological polar surface area (TPSA) is 119 Å². The van der Waals surface area contributed by atoms with Gasteiger partial charge < -0.3 is 19.9 Å². The molecule has 0 radical (unpaired) electrons. The number of hydrogen-bond donors (Lipinski definition) is 2. The van der Waals surface area contributed by atoms with Crippen molar-refractivity contribution in [1.29, 1.82) is 0 Å². The summed E-state index contributed by atoms with van der Waals surface area (Å²) in [6.07, 6.45) is -0.421. The smallest absolute Gasteiger partial charge is 0.326 e. The van der Waals surface area contributed by atoms with Crippen LogP contribution in [-0.4, -0.2) is 48.2 Å². The van der Waals surface area contributed by atoms with Gasteiger partial charge in [0.2, 0.25) is 5.91 Å². The highest BCUT2D eigenvalue weighted by Crippen LogP contribution is 2.10. The van der Waals surface area contributed by atoms with Crippen LogP contribution in [0, 0.1) is 5.92 Å². The number of hydrogen-bond acceptors (Lipinski definition) is 6. The van der Waals surface area contributed by atoms with E-state index < -0.39 is 35.8 Å². The van der Waals surface area contributed by atoms with Crippen LogP contribution in [-0.2, 0) is 28.7 Å². The first-order chi connectivity index (χ1) is 10.3. The lowest BCUT2D eigenvalue weighted by Crippen LogP contribution is -2.45. The van der Waals surface area contributed by atoms with Gasteiger partial charge in [0.25, 0.3) is 0 Å². The van der Waals surface area contributed by atoms with Gasteiger partial charge in [-0.25, -0.2) is 4.79 Å². The number of nitrogens with one attached hydrogen (secondary N) is 1. The summed E-state index contributed by atoms with van der Waals surface area (Å²) in [6, 6.07) is -1.22. The van der Waals surface area contributed by atoms with Crippen molar-refractivity contribution >= 4 is 23.8 Å². The van der Waals surface area contributed by atoms with Gasteiger partial charge in [0.15, 0.2) is 0 Å². The molecule has 0 aromatic carbocycles. The second-order valence-corrected chi connectivity index (χ2v) is 4.67. The summed E-state index contributed by atoms with van der Waals surface area (Å²) < 4.78 is 9.42. The third kappa shape index (κ3) is 8.23. The molecule has 0 heterocycles. The summed E-state index contributed by atoms with van der Waals surface area (Å²) in [5.41, 5.74) is 0. The van der Waals surface area contributed by atoms with Crippen molar-refractivity contribution in [2.75, 3.05) is 13.2 Å². The molecule has 126 valence electrons.